The van der Waals surface area contributed by atoms with E-state index < -0.39 is 10.0 Å². The van der Waals surface area contributed by atoms with E-state index in [9.17, 15) is 8.42 Å². The van der Waals surface area contributed by atoms with E-state index in [0.717, 1.165) is 25.9 Å². The molecule has 0 saturated carbocycles. The van der Waals surface area contributed by atoms with Crippen LogP contribution in [-0.2, 0) is 16.4 Å². The van der Waals surface area contributed by atoms with Crippen molar-refractivity contribution in [2.24, 2.45) is 0 Å². The number of aromatic amines is 1. The Labute approximate surface area is 121 Å². The molecule has 0 aliphatic carbocycles. The zero-order valence-corrected chi connectivity index (χ0v) is 13.3. The summed E-state index contributed by atoms with van der Waals surface area (Å²) in [6.07, 6.45) is 3.82. The van der Waals surface area contributed by atoms with Crippen LogP contribution in [-0.4, -0.2) is 60.3 Å². The lowest BCUT2D eigenvalue weighted by Crippen LogP contribution is -2.43. The van der Waals surface area contributed by atoms with Crippen molar-refractivity contribution in [3.8, 4) is 0 Å². The van der Waals surface area contributed by atoms with Crippen LogP contribution >= 0.6 is 0 Å². The number of H-pyrrole nitrogens is 1. The van der Waals surface area contributed by atoms with Crippen molar-refractivity contribution in [3.63, 3.8) is 0 Å². The van der Waals surface area contributed by atoms with Gasteiger partial charge in [-0.1, -0.05) is 13.8 Å². The minimum absolute atomic E-state index is 0.0286. The molecular formula is C13H24N4O2S. The van der Waals surface area contributed by atoms with Gasteiger partial charge in [0.05, 0.1) is 6.20 Å². The molecule has 0 spiro atoms. The number of aromatic nitrogens is 2. The fourth-order valence-electron chi connectivity index (χ4n) is 2.65. The fraction of sp³-hybridized carbons (Fsp3) is 0.769. The summed E-state index contributed by atoms with van der Waals surface area (Å²) in [6.45, 7) is 6.28. The molecule has 1 atom stereocenters. The van der Waals surface area contributed by atoms with E-state index in [1.807, 2.05) is 20.9 Å². The van der Waals surface area contributed by atoms with E-state index in [0.29, 0.717) is 18.8 Å². The van der Waals surface area contributed by atoms with Gasteiger partial charge in [0.15, 0.2) is 5.03 Å². The Bertz CT molecular complexity index is 540. The molecule has 1 N–H and O–H groups in total. The first kappa shape index (κ1) is 15.5. The first-order valence-electron chi connectivity index (χ1n) is 7.23. The molecule has 0 radical (unpaired) electrons. The third-order valence-electron chi connectivity index (χ3n) is 3.85. The van der Waals surface area contributed by atoms with Gasteiger partial charge in [0.2, 0.25) is 0 Å². The zero-order chi connectivity index (χ0) is 14.8. The van der Waals surface area contributed by atoms with Crippen LogP contribution in [0.3, 0.4) is 0 Å². The highest BCUT2D eigenvalue weighted by molar-refractivity contribution is 7.89. The number of nitrogens with zero attached hydrogens (tertiary/aromatic N) is 3. The van der Waals surface area contributed by atoms with Gasteiger partial charge >= 0.3 is 0 Å². The lowest BCUT2D eigenvalue weighted by molar-refractivity contribution is 0.270. The molecule has 1 fully saturated rings. The maximum Gasteiger partial charge on any atom is 0.260 e. The largest absolute Gasteiger partial charge is 0.332 e. The van der Waals surface area contributed by atoms with Gasteiger partial charge in [0.25, 0.3) is 10.0 Å². The van der Waals surface area contributed by atoms with Crippen molar-refractivity contribution < 1.29 is 8.42 Å². The Morgan fingerprint density at radius 1 is 1.40 bits per heavy atom. The van der Waals surface area contributed by atoms with Crippen molar-refractivity contribution in [3.05, 3.63) is 12.0 Å². The molecule has 1 aromatic rings. The first-order valence-corrected chi connectivity index (χ1v) is 8.67. The van der Waals surface area contributed by atoms with Gasteiger partial charge in [-0.15, -0.1) is 0 Å². The highest BCUT2D eigenvalue weighted by atomic mass is 32.2. The second kappa shape index (κ2) is 6.24. The Kier molecular flexibility index (Phi) is 4.82. The van der Waals surface area contributed by atoms with E-state index in [-0.39, 0.29) is 11.1 Å². The Hall–Kier alpha value is -0.920. The topological polar surface area (TPSA) is 69.3 Å². The molecule has 20 heavy (non-hydrogen) atoms. The van der Waals surface area contributed by atoms with Crippen LogP contribution < -0.4 is 0 Å². The molecule has 1 aliphatic rings. The van der Waals surface area contributed by atoms with Crippen molar-refractivity contribution in [1.29, 1.82) is 0 Å². The average molecular weight is 300 g/mol. The van der Waals surface area contributed by atoms with E-state index in [1.54, 1.807) is 4.31 Å². The van der Waals surface area contributed by atoms with Crippen LogP contribution in [0.5, 0.6) is 0 Å². The summed E-state index contributed by atoms with van der Waals surface area (Å²) >= 11 is 0. The number of rotatable bonds is 4. The maximum atomic E-state index is 12.8. The summed E-state index contributed by atoms with van der Waals surface area (Å²) in [7, 11) is -1.42. The number of nitrogens with one attached hydrogen (secondary N) is 1. The molecule has 114 valence electrons. The molecule has 7 heteroatoms. The molecule has 0 bridgehead atoms. The summed E-state index contributed by atoms with van der Waals surface area (Å²) < 4.78 is 27.2. The van der Waals surface area contributed by atoms with Gasteiger partial charge in [0, 0.05) is 25.6 Å². The molecule has 2 heterocycles. The number of hydrogen-bond donors (Lipinski definition) is 1. The number of imidazole rings is 1. The summed E-state index contributed by atoms with van der Waals surface area (Å²) in [6, 6.07) is 0.0286. The van der Waals surface area contributed by atoms with E-state index in [2.05, 4.69) is 14.9 Å². The molecule has 1 saturated heterocycles. The highest BCUT2D eigenvalue weighted by Crippen LogP contribution is 2.21. The minimum Gasteiger partial charge on any atom is -0.332 e. The predicted molar refractivity (Wildman–Crippen MR) is 78.1 cm³/mol. The summed E-state index contributed by atoms with van der Waals surface area (Å²) in [5.74, 6) is 0.712. The Balaban J connectivity index is 2.30. The van der Waals surface area contributed by atoms with Crippen LogP contribution in [0.25, 0.3) is 0 Å². The summed E-state index contributed by atoms with van der Waals surface area (Å²) in [5.41, 5.74) is 0. The monoisotopic (exact) mass is 300 g/mol. The second-order valence-corrected chi connectivity index (χ2v) is 7.20. The molecule has 0 amide bonds. The molecule has 1 unspecified atom stereocenters. The average Bonchev–Trinajstić information content (AvgIpc) is 2.83. The third-order valence-corrected chi connectivity index (χ3v) is 5.71. The van der Waals surface area contributed by atoms with Gasteiger partial charge in [-0.05, 0) is 26.4 Å². The number of likely N-dealkylation sites (N-methyl/N-ethyl adjacent to an activating group) is 1. The third kappa shape index (κ3) is 3.05. The van der Waals surface area contributed by atoms with Crippen molar-refractivity contribution in [2.45, 2.75) is 44.2 Å². The van der Waals surface area contributed by atoms with Gasteiger partial charge < -0.3 is 9.88 Å². The second-order valence-electron chi connectivity index (χ2n) is 5.34. The predicted octanol–water partition coefficient (Wildman–Crippen LogP) is 1.08. The molecular weight excluding hydrogens is 276 g/mol. The molecule has 0 aromatic carbocycles. The number of hydrogen-bond acceptors (Lipinski definition) is 4. The Morgan fingerprint density at radius 3 is 2.75 bits per heavy atom. The van der Waals surface area contributed by atoms with Crippen molar-refractivity contribution >= 4 is 10.0 Å². The van der Waals surface area contributed by atoms with Gasteiger partial charge in [0.1, 0.15) is 5.82 Å². The quantitative estimate of drug-likeness (QED) is 0.903. The van der Waals surface area contributed by atoms with E-state index >= 15 is 0 Å². The summed E-state index contributed by atoms with van der Waals surface area (Å²) in [4.78, 5) is 9.24. The minimum atomic E-state index is -3.47. The van der Waals surface area contributed by atoms with Crippen LogP contribution in [0.15, 0.2) is 11.2 Å². The van der Waals surface area contributed by atoms with Crippen LogP contribution in [0.4, 0.5) is 0 Å². The van der Waals surface area contributed by atoms with Gasteiger partial charge in [-0.3, -0.25) is 0 Å². The fourth-order valence-corrected chi connectivity index (χ4v) is 4.31. The number of sulfonamides is 1. The normalized spacial score (nSPS) is 22.9. The molecule has 1 aliphatic heterocycles. The highest BCUT2D eigenvalue weighted by Gasteiger charge is 2.33. The zero-order valence-electron chi connectivity index (χ0n) is 12.5. The van der Waals surface area contributed by atoms with E-state index in [1.165, 1.54) is 6.20 Å². The standard InChI is InChI=1S/C13H24N4O2S/c1-4-11-10-16(3)7-6-8-17(11)20(18,19)13-9-14-12(5-2)15-13/h9,11H,4-8,10H2,1-3H3,(H,14,15). The van der Waals surface area contributed by atoms with E-state index in [4.69, 9.17) is 0 Å². The molecule has 1 aromatic heterocycles. The van der Waals surface area contributed by atoms with Crippen molar-refractivity contribution in [2.75, 3.05) is 26.7 Å². The summed E-state index contributed by atoms with van der Waals surface area (Å²) in [5, 5.41) is 0.220. The Morgan fingerprint density at radius 2 is 2.15 bits per heavy atom. The van der Waals surface area contributed by atoms with Gasteiger partial charge in [-0.2, -0.15) is 4.31 Å². The van der Waals surface area contributed by atoms with Crippen LogP contribution in [0, 0.1) is 0 Å². The SMILES string of the molecule is CCc1ncc(S(=O)(=O)N2CCCN(C)CC2CC)[nH]1. The van der Waals surface area contributed by atoms with Gasteiger partial charge in [-0.25, -0.2) is 13.4 Å². The smallest absolute Gasteiger partial charge is 0.260 e. The maximum absolute atomic E-state index is 12.8. The van der Waals surface area contributed by atoms with Crippen LogP contribution in [0.2, 0.25) is 0 Å². The first-order chi connectivity index (χ1) is 9.48. The molecule has 6 nitrogen and oxygen atoms in total. The van der Waals surface area contributed by atoms with Crippen LogP contribution in [0.1, 0.15) is 32.5 Å². The lowest BCUT2D eigenvalue weighted by atomic mass is 10.2. The lowest BCUT2D eigenvalue weighted by Gasteiger charge is -2.28. The molecule has 2 rings (SSSR count). The number of aryl methyl sites for hydroxylation is 1. The van der Waals surface area contributed by atoms with Crippen molar-refractivity contribution in [1.82, 2.24) is 19.2 Å².